The smallest absolute Gasteiger partial charge is 0.247 e. The van der Waals surface area contributed by atoms with E-state index in [1.165, 1.54) is 16.5 Å². The maximum absolute atomic E-state index is 12.1. The van der Waals surface area contributed by atoms with Gasteiger partial charge in [-0.3, -0.25) is 4.79 Å². The second-order valence-electron chi connectivity index (χ2n) is 6.83. The molecule has 0 aliphatic carbocycles. The Balaban J connectivity index is 1.25. The van der Waals surface area contributed by atoms with Gasteiger partial charge in [-0.1, -0.05) is 35.9 Å². The van der Waals surface area contributed by atoms with Crippen LogP contribution in [-0.4, -0.2) is 27.6 Å². The van der Waals surface area contributed by atoms with Crippen LogP contribution in [0.4, 0.5) is 0 Å². The number of benzene rings is 2. The highest BCUT2D eigenvalue weighted by molar-refractivity contribution is 5.83. The number of hydrogen-bond acceptors (Lipinski definition) is 4. The quantitative estimate of drug-likeness (QED) is 0.515. The first-order valence-corrected chi connectivity index (χ1v) is 9.40. The summed E-state index contributed by atoms with van der Waals surface area (Å²) in [4.78, 5) is 15.4. The number of aromatic nitrogens is 3. The van der Waals surface area contributed by atoms with Crippen LogP contribution in [0.2, 0.25) is 0 Å². The van der Waals surface area contributed by atoms with Gasteiger partial charge in [0, 0.05) is 42.0 Å². The summed E-state index contributed by atoms with van der Waals surface area (Å²) in [6.45, 7) is 2.62. The molecule has 142 valence electrons. The molecule has 0 fully saturated rings. The van der Waals surface area contributed by atoms with Gasteiger partial charge < -0.3 is 14.7 Å². The van der Waals surface area contributed by atoms with Gasteiger partial charge in [-0.25, -0.2) is 0 Å². The minimum atomic E-state index is -0.0186. The third-order valence-corrected chi connectivity index (χ3v) is 4.72. The van der Waals surface area contributed by atoms with E-state index >= 15 is 0 Å². The summed E-state index contributed by atoms with van der Waals surface area (Å²) in [5, 5.41) is 12.3. The first-order valence-electron chi connectivity index (χ1n) is 9.40. The van der Waals surface area contributed by atoms with E-state index in [0.717, 1.165) is 17.5 Å². The van der Waals surface area contributed by atoms with Crippen molar-refractivity contribution >= 4 is 16.8 Å². The number of amides is 1. The highest BCUT2D eigenvalue weighted by Crippen LogP contribution is 2.19. The third kappa shape index (κ3) is 4.11. The molecule has 0 saturated heterocycles. The maximum Gasteiger partial charge on any atom is 0.247 e. The number of fused-ring (bicyclic) bond motifs is 1. The van der Waals surface area contributed by atoms with Gasteiger partial charge in [0.2, 0.25) is 17.7 Å². The molecule has 2 aromatic carbocycles. The molecule has 1 amide bonds. The number of H-pyrrole nitrogens is 1. The lowest BCUT2D eigenvalue weighted by Crippen LogP contribution is -2.25. The van der Waals surface area contributed by atoms with Gasteiger partial charge in [0.1, 0.15) is 0 Å². The molecule has 28 heavy (non-hydrogen) atoms. The minimum Gasteiger partial charge on any atom is -0.421 e. The highest BCUT2D eigenvalue weighted by Gasteiger charge is 2.11. The number of rotatable bonds is 7. The molecule has 0 atom stereocenters. The average molecular weight is 374 g/mol. The number of aryl methyl sites for hydroxylation is 2. The molecule has 4 aromatic rings. The Morgan fingerprint density at radius 1 is 1.07 bits per heavy atom. The van der Waals surface area contributed by atoms with E-state index in [0.29, 0.717) is 31.2 Å². The second-order valence-corrected chi connectivity index (χ2v) is 6.83. The summed E-state index contributed by atoms with van der Waals surface area (Å²) in [6.07, 6.45) is 3.54. The van der Waals surface area contributed by atoms with Gasteiger partial charge in [0.15, 0.2) is 0 Å². The first-order chi connectivity index (χ1) is 13.7. The summed E-state index contributed by atoms with van der Waals surface area (Å²) < 4.78 is 5.67. The van der Waals surface area contributed by atoms with Crippen LogP contribution >= 0.6 is 0 Å². The maximum atomic E-state index is 12.1. The molecule has 0 unspecified atom stereocenters. The summed E-state index contributed by atoms with van der Waals surface area (Å²) in [7, 11) is 0. The van der Waals surface area contributed by atoms with Gasteiger partial charge in [-0.15, -0.1) is 10.2 Å². The molecule has 0 aliphatic heterocycles. The Morgan fingerprint density at radius 2 is 1.89 bits per heavy atom. The Kier molecular flexibility index (Phi) is 5.19. The largest absolute Gasteiger partial charge is 0.421 e. The second kappa shape index (κ2) is 8.08. The standard InChI is InChI=1S/C22H22N4O2/c1-15-6-8-16(9-7-15)22-26-25-21(28-22)11-10-20(27)23-13-12-17-14-24-19-5-3-2-4-18(17)19/h2-9,14,24H,10-13H2,1H3,(H,23,27). The van der Waals surface area contributed by atoms with Crippen LogP contribution < -0.4 is 5.32 Å². The van der Waals surface area contributed by atoms with Crippen LogP contribution in [0.1, 0.15) is 23.4 Å². The van der Waals surface area contributed by atoms with Crippen molar-refractivity contribution in [2.75, 3.05) is 6.54 Å². The van der Waals surface area contributed by atoms with E-state index in [1.54, 1.807) is 0 Å². The number of para-hydroxylation sites is 1. The molecule has 6 heteroatoms. The van der Waals surface area contributed by atoms with Crippen LogP contribution in [0.5, 0.6) is 0 Å². The van der Waals surface area contributed by atoms with E-state index in [4.69, 9.17) is 4.42 Å². The van der Waals surface area contributed by atoms with Crippen molar-refractivity contribution in [3.8, 4) is 11.5 Å². The van der Waals surface area contributed by atoms with Gasteiger partial charge in [-0.2, -0.15) is 0 Å². The van der Waals surface area contributed by atoms with Gasteiger partial charge >= 0.3 is 0 Å². The Hall–Kier alpha value is -3.41. The average Bonchev–Trinajstić information content (AvgIpc) is 3.35. The molecule has 0 bridgehead atoms. The summed E-state index contributed by atoms with van der Waals surface area (Å²) in [5.74, 6) is 0.937. The molecule has 0 spiro atoms. The Labute approximate surface area is 163 Å². The lowest BCUT2D eigenvalue weighted by Gasteiger charge is -2.03. The molecule has 2 aromatic heterocycles. The van der Waals surface area contributed by atoms with Crippen LogP contribution in [-0.2, 0) is 17.6 Å². The van der Waals surface area contributed by atoms with E-state index < -0.39 is 0 Å². The van der Waals surface area contributed by atoms with Crippen molar-refractivity contribution < 1.29 is 9.21 Å². The predicted molar refractivity (Wildman–Crippen MR) is 108 cm³/mol. The molecule has 0 radical (unpaired) electrons. The fourth-order valence-corrected chi connectivity index (χ4v) is 3.15. The van der Waals surface area contributed by atoms with Crippen molar-refractivity contribution in [2.45, 2.75) is 26.2 Å². The van der Waals surface area contributed by atoms with Crippen LogP contribution in [0, 0.1) is 6.92 Å². The zero-order valence-electron chi connectivity index (χ0n) is 15.7. The monoisotopic (exact) mass is 374 g/mol. The molecular formula is C22H22N4O2. The van der Waals surface area contributed by atoms with E-state index in [-0.39, 0.29) is 5.91 Å². The zero-order chi connectivity index (χ0) is 19.3. The minimum absolute atomic E-state index is 0.0186. The van der Waals surface area contributed by atoms with Crippen LogP contribution in [0.3, 0.4) is 0 Å². The predicted octanol–water partition coefficient (Wildman–Crippen LogP) is 3.82. The van der Waals surface area contributed by atoms with E-state index in [1.807, 2.05) is 55.6 Å². The van der Waals surface area contributed by atoms with Crippen molar-refractivity contribution in [3.63, 3.8) is 0 Å². The Bertz CT molecular complexity index is 1080. The molecule has 4 rings (SSSR count). The molecule has 0 aliphatic rings. The number of carbonyl (C=O) groups is 1. The number of nitrogens with zero attached hydrogens (tertiary/aromatic N) is 2. The first kappa shape index (κ1) is 18.0. The third-order valence-electron chi connectivity index (χ3n) is 4.72. The van der Waals surface area contributed by atoms with Crippen molar-refractivity contribution in [1.82, 2.24) is 20.5 Å². The fraction of sp³-hybridized carbons (Fsp3) is 0.227. The van der Waals surface area contributed by atoms with E-state index in [2.05, 4.69) is 26.6 Å². The molecule has 0 saturated carbocycles. The topological polar surface area (TPSA) is 83.8 Å². The van der Waals surface area contributed by atoms with Crippen LogP contribution in [0.15, 0.2) is 59.1 Å². The fourth-order valence-electron chi connectivity index (χ4n) is 3.15. The van der Waals surface area contributed by atoms with Crippen molar-refractivity contribution in [1.29, 1.82) is 0 Å². The number of nitrogens with one attached hydrogen (secondary N) is 2. The number of aromatic amines is 1. The van der Waals surface area contributed by atoms with Crippen LogP contribution in [0.25, 0.3) is 22.4 Å². The zero-order valence-corrected chi connectivity index (χ0v) is 15.7. The summed E-state index contributed by atoms with van der Waals surface area (Å²) in [6, 6.07) is 16.1. The molecule has 2 N–H and O–H groups in total. The molecular weight excluding hydrogens is 352 g/mol. The number of carbonyl (C=O) groups excluding carboxylic acids is 1. The molecule has 6 nitrogen and oxygen atoms in total. The normalized spacial score (nSPS) is 11.0. The highest BCUT2D eigenvalue weighted by atomic mass is 16.4. The van der Waals surface area contributed by atoms with Crippen molar-refractivity contribution in [3.05, 3.63) is 71.7 Å². The van der Waals surface area contributed by atoms with Gasteiger partial charge in [0.05, 0.1) is 0 Å². The van der Waals surface area contributed by atoms with E-state index in [9.17, 15) is 4.79 Å². The SMILES string of the molecule is Cc1ccc(-c2nnc(CCC(=O)NCCc3c[nH]c4ccccc34)o2)cc1. The summed E-state index contributed by atoms with van der Waals surface area (Å²) in [5.41, 5.74) is 4.38. The molecule has 2 heterocycles. The van der Waals surface area contributed by atoms with Gasteiger partial charge in [-0.05, 0) is 37.1 Å². The lowest BCUT2D eigenvalue weighted by molar-refractivity contribution is -0.121. The Morgan fingerprint density at radius 3 is 2.75 bits per heavy atom. The number of hydrogen-bond donors (Lipinski definition) is 2. The van der Waals surface area contributed by atoms with Crippen molar-refractivity contribution in [2.24, 2.45) is 0 Å². The van der Waals surface area contributed by atoms with Gasteiger partial charge in [0.25, 0.3) is 0 Å². The lowest BCUT2D eigenvalue weighted by atomic mass is 10.1. The summed E-state index contributed by atoms with van der Waals surface area (Å²) >= 11 is 0.